The molecule has 2 aromatic rings. The molecule has 0 aromatic carbocycles. The molecule has 0 saturated carbocycles. The fraction of sp³-hybridized carbons (Fsp3) is 0.533. The van der Waals surface area contributed by atoms with Crippen LogP contribution in [0.5, 0.6) is 0 Å². The first-order valence-electron chi connectivity index (χ1n) is 7.25. The topological polar surface area (TPSA) is 46.6 Å². The minimum absolute atomic E-state index is 0.560. The molecule has 19 heavy (non-hydrogen) atoms. The van der Waals surface area contributed by atoms with Gasteiger partial charge in [-0.25, -0.2) is 4.98 Å². The third kappa shape index (κ3) is 2.65. The fourth-order valence-corrected chi connectivity index (χ4v) is 2.96. The molecule has 0 bridgehead atoms. The zero-order valence-corrected chi connectivity index (χ0v) is 11.4. The van der Waals surface area contributed by atoms with E-state index in [2.05, 4.69) is 26.4 Å². The van der Waals surface area contributed by atoms with E-state index in [0.717, 1.165) is 30.0 Å². The van der Waals surface area contributed by atoms with Gasteiger partial charge in [0.05, 0.1) is 11.7 Å². The van der Waals surface area contributed by atoms with E-state index in [1.807, 2.05) is 12.3 Å². The summed E-state index contributed by atoms with van der Waals surface area (Å²) in [5.74, 6) is 1.14. The second-order valence-electron chi connectivity index (χ2n) is 5.31. The summed E-state index contributed by atoms with van der Waals surface area (Å²) in [6.45, 7) is 4.16. The standard InChI is InChI=1S/C15H22N4/c16-11-13-5-4-6-14-12-17-15(19(13)14)7-10-18-8-2-1-3-9-18/h4-6,12H,1-3,7-11,16H2. The van der Waals surface area contributed by atoms with Gasteiger partial charge in [-0.1, -0.05) is 12.5 Å². The van der Waals surface area contributed by atoms with Gasteiger partial charge in [-0.05, 0) is 38.1 Å². The Bertz CT molecular complexity index is 540. The summed E-state index contributed by atoms with van der Waals surface area (Å²) in [5.41, 5.74) is 8.12. The lowest BCUT2D eigenvalue weighted by molar-refractivity contribution is 0.230. The SMILES string of the molecule is NCc1cccc2cnc(CCN3CCCCC3)n12. The molecule has 0 aliphatic carbocycles. The van der Waals surface area contributed by atoms with Gasteiger partial charge in [-0.2, -0.15) is 0 Å². The minimum Gasteiger partial charge on any atom is -0.325 e. The van der Waals surface area contributed by atoms with Crippen molar-refractivity contribution in [3.63, 3.8) is 0 Å². The first-order valence-corrected chi connectivity index (χ1v) is 7.25. The van der Waals surface area contributed by atoms with Gasteiger partial charge in [0.25, 0.3) is 0 Å². The number of hydrogen-bond acceptors (Lipinski definition) is 3. The number of imidazole rings is 1. The normalized spacial score (nSPS) is 17.1. The van der Waals surface area contributed by atoms with Crippen LogP contribution in [0.25, 0.3) is 5.52 Å². The molecule has 0 amide bonds. The zero-order chi connectivity index (χ0) is 13.1. The van der Waals surface area contributed by atoms with E-state index in [4.69, 9.17) is 5.73 Å². The Balaban J connectivity index is 1.77. The number of rotatable bonds is 4. The molecule has 1 aliphatic heterocycles. The van der Waals surface area contributed by atoms with E-state index in [1.54, 1.807) is 0 Å². The molecule has 0 spiro atoms. The average Bonchev–Trinajstić information content (AvgIpc) is 2.89. The lowest BCUT2D eigenvalue weighted by Crippen LogP contribution is -2.31. The Labute approximate surface area is 114 Å². The smallest absolute Gasteiger partial charge is 0.114 e. The average molecular weight is 258 g/mol. The van der Waals surface area contributed by atoms with Crippen molar-refractivity contribution < 1.29 is 0 Å². The highest BCUT2D eigenvalue weighted by molar-refractivity contribution is 5.47. The molecular weight excluding hydrogens is 236 g/mol. The van der Waals surface area contributed by atoms with E-state index in [0.29, 0.717) is 6.54 Å². The molecule has 2 N–H and O–H groups in total. The molecule has 0 atom stereocenters. The second-order valence-corrected chi connectivity index (χ2v) is 5.31. The molecular formula is C15H22N4. The van der Waals surface area contributed by atoms with Gasteiger partial charge in [-0.15, -0.1) is 0 Å². The van der Waals surface area contributed by atoms with Crippen LogP contribution in [0.3, 0.4) is 0 Å². The van der Waals surface area contributed by atoms with Gasteiger partial charge in [0.2, 0.25) is 0 Å². The third-order valence-electron chi connectivity index (χ3n) is 4.01. The van der Waals surface area contributed by atoms with Crippen molar-refractivity contribution in [3.05, 3.63) is 35.9 Å². The Kier molecular flexibility index (Phi) is 3.80. The minimum atomic E-state index is 0.560. The Hall–Kier alpha value is -1.39. The van der Waals surface area contributed by atoms with Crippen LogP contribution >= 0.6 is 0 Å². The van der Waals surface area contributed by atoms with Crippen molar-refractivity contribution in [1.29, 1.82) is 0 Å². The van der Waals surface area contributed by atoms with Crippen molar-refractivity contribution in [3.8, 4) is 0 Å². The summed E-state index contributed by atoms with van der Waals surface area (Å²) in [4.78, 5) is 7.12. The van der Waals surface area contributed by atoms with Gasteiger partial charge in [0.1, 0.15) is 5.82 Å². The van der Waals surface area contributed by atoms with Gasteiger partial charge in [0.15, 0.2) is 0 Å². The van der Waals surface area contributed by atoms with Crippen LogP contribution in [0, 0.1) is 0 Å². The Morgan fingerprint density at radius 1 is 1.16 bits per heavy atom. The van der Waals surface area contributed by atoms with Crippen molar-refractivity contribution in [1.82, 2.24) is 14.3 Å². The molecule has 4 nitrogen and oxygen atoms in total. The van der Waals surface area contributed by atoms with E-state index in [1.165, 1.54) is 32.4 Å². The van der Waals surface area contributed by atoms with Gasteiger partial charge < -0.3 is 10.6 Å². The molecule has 4 heteroatoms. The summed E-state index contributed by atoms with van der Waals surface area (Å²) in [6, 6.07) is 6.23. The number of aromatic nitrogens is 2. The predicted molar refractivity (Wildman–Crippen MR) is 77.1 cm³/mol. The van der Waals surface area contributed by atoms with Crippen LogP contribution in [0.4, 0.5) is 0 Å². The molecule has 102 valence electrons. The van der Waals surface area contributed by atoms with Crippen molar-refractivity contribution in [2.45, 2.75) is 32.2 Å². The summed E-state index contributed by atoms with van der Waals surface area (Å²) >= 11 is 0. The number of nitrogens with two attached hydrogens (primary N) is 1. The van der Waals surface area contributed by atoms with Crippen LogP contribution in [-0.4, -0.2) is 33.9 Å². The number of fused-ring (bicyclic) bond motifs is 1. The van der Waals surface area contributed by atoms with Crippen LogP contribution in [0.1, 0.15) is 30.8 Å². The van der Waals surface area contributed by atoms with Crippen molar-refractivity contribution in [2.75, 3.05) is 19.6 Å². The maximum Gasteiger partial charge on any atom is 0.114 e. The zero-order valence-electron chi connectivity index (χ0n) is 11.4. The van der Waals surface area contributed by atoms with E-state index < -0.39 is 0 Å². The first-order chi connectivity index (χ1) is 9.38. The molecule has 3 heterocycles. The lowest BCUT2D eigenvalue weighted by Gasteiger charge is -2.26. The molecule has 2 aromatic heterocycles. The molecule has 0 unspecified atom stereocenters. The second kappa shape index (κ2) is 5.72. The quantitative estimate of drug-likeness (QED) is 0.910. The molecule has 1 saturated heterocycles. The lowest BCUT2D eigenvalue weighted by atomic mass is 10.1. The maximum absolute atomic E-state index is 5.82. The molecule has 0 radical (unpaired) electrons. The number of hydrogen-bond donors (Lipinski definition) is 1. The number of likely N-dealkylation sites (tertiary alicyclic amines) is 1. The van der Waals surface area contributed by atoms with Crippen LogP contribution in [-0.2, 0) is 13.0 Å². The molecule has 1 aliphatic rings. The van der Waals surface area contributed by atoms with Gasteiger partial charge >= 0.3 is 0 Å². The number of piperidine rings is 1. The monoisotopic (exact) mass is 258 g/mol. The highest BCUT2D eigenvalue weighted by atomic mass is 15.1. The van der Waals surface area contributed by atoms with Crippen molar-refractivity contribution in [2.24, 2.45) is 5.73 Å². The fourth-order valence-electron chi connectivity index (χ4n) is 2.96. The summed E-state index contributed by atoms with van der Waals surface area (Å²) in [6.07, 6.45) is 7.03. The summed E-state index contributed by atoms with van der Waals surface area (Å²) < 4.78 is 2.21. The van der Waals surface area contributed by atoms with Crippen LogP contribution < -0.4 is 5.73 Å². The molecule has 3 rings (SSSR count). The predicted octanol–water partition coefficient (Wildman–Crippen LogP) is 1.82. The van der Waals surface area contributed by atoms with E-state index in [-0.39, 0.29) is 0 Å². The summed E-state index contributed by atoms with van der Waals surface area (Å²) in [7, 11) is 0. The maximum atomic E-state index is 5.82. The number of nitrogens with zero attached hydrogens (tertiary/aromatic N) is 3. The first kappa shape index (κ1) is 12.6. The highest BCUT2D eigenvalue weighted by Crippen LogP contribution is 2.13. The largest absolute Gasteiger partial charge is 0.325 e. The van der Waals surface area contributed by atoms with Gasteiger partial charge in [0, 0.05) is 25.2 Å². The van der Waals surface area contributed by atoms with E-state index >= 15 is 0 Å². The Morgan fingerprint density at radius 3 is 2.79 bits per heavy atom. The Morgan fingerprint density at radius 2 is 2.00 bits per heavy atom. The van der Waals surface area contributed by atoms with Gasteiger partial charge in [-0.3, -0.25) is 4.40 Å². The van der Waals surface area contributed by atoms with Crippen molar-refractivity contribution >= 4 is 5.52 Å². The van der Waals surface area contributed by atoms with E-state index in [9.17, 15) is 0 Å². The summed E-state index contributed by atoms with van der Waals surface area (Å²) in [5, 5.41) is 0. The third-order valence-corrected chi connectivity index (χ3v) is 4.01. The van der Waals surface area contributed by atoms with Crippen LogP contribution in [0.2, 0.25) is 0 Å². The number of pyridine rings is 1. The molecule has 1 fully saturated rings. The highest BCUT2D eigenvalue weighted by Gasteiger charge is 2.12. The van der Waals surface area contributed by atoms with Crippen LogP contribution in [0.15, 0.2) is 24.4 Å².